The van der Waals surface area contributed by atoms with Crippen LogP contribution in [0.4, 0.5) is 0 Å². The third kappa shape index (κ3) is 2.05. The average Bonchev–Trinajstić information content (AvgIpc) is 2.52. The molecule has 2 heteroatoms. The molecule has 3 atom stereocenters. The van der Waals surface area contributed by atoms with E-state index < -0.39 is 0 Å². The van der Waals surface area contributed by atoms with Gasteiger partial charge in [-0.05, 0) is 19.4 Å². The van der Waals surface area contributed by atoms with E-state index in [0.29, 0.717) is 9.84 Å². The van der Waals surface area contributed by atoms with E-state index in [-0.39, 0.29) is 11.7 Å². The van der Waals surface area contributed by atoms with Crippen molar-refractivity contribution in [1.82, 2.24) is 0 Å². The molecule has 0 bridgehead atoms. The summed E-state index contributed by atoms with van der Waals surface area (Å²) in [5, 5.41) is 0. The Morgan fingerprint density at radius 2 is 1.94 bits per heavy atom. The van der Waals surface area contributed by atoms with Gasteiger partial charge in [-0.15, -0.1) is 6.58 Å². The second-order valence-electron chi connectivity index (χ2n) is 4.77. The number of rotatable bonds is 2. The third-order valence-electron chi connectivity index (χ3n) is 3.18. The highest BCUT2D eigenvalue weighted by molar-refractivity contribution is 14.1. The lowest BCUT2D eigenvalue weighted by Gasteiger charge is -2.22. The van der Waals surface area contributed by atoms with Crippen LogP contribution in [0.5, 0.6) is 0 Å². The first-order valence-corrected chi connectivity index (χ1v) is 6.80. The highest BCUT2D eigenvalue weighted by Gasteiger charge is 2.47. The maximum Gasteiger partial charge on any atom is 0.0906 e. The highest BCUT2D eigenvalue weighted by Crippen LogP contribution is 2.48. The van der Waals surface area contributed by atoms with Crippen molar-refractivity contribution < 1.29 is 4.74 Å². The molecule has 0 aromatic heterocycles. The minimum Gasteiger partial charge on any atom is -0.366 e. The number of alkyl halides is 1. The van der Waals surface area contributed by atoms with Crippen molar-refractivity contribution in [3.05, 3.63) is 48.6 Å². The van der Waals surface area contributed by atoms with Crippen LogP contribution < -0.4 is 0 Å². The van der Waals surface area contributed by atoms with Gasteiger partial charge in [0.25, 0.3) is 0 Å². The Hall–Kier alpha value is -0.350. The van der Waals surface area contributed by atoms with E-state index in [1.165, 1.54) is 5.56 Å². The molecule has 0 saturated carbocycles. The molecule has 2 rings (SSSR count). The first kappa shape index (κ1) is 12.1. The fourth-order valence-electron chi connectivity index (χ4n) is 2.26. The lowest BCUT2D eigenvalue weighted by atomic mass is 9.91. The Morgan fingerprint density at radius 1 is 1.31 bits per heavy atom. The number of benzene rings is 1. The van der Waals surface area contributed by atoms with Crippen LogP contribution in [-0.4, -0.2) is 9.53 Å². The Balaban J connectivity index is 2.33. The summed E-state index contributed by atoms with van der Waals surface area (Å²) in [7, 11) is 0. The molecule has 0 radical (unpaired) electrons. The molecule has 1 saturated heterocycles. The van der Waals surface area contributed by atoms with Gasteiger partial charge in [-0.1, -0.05) is 59.0 Å². The van der Waals surface area contributed by atoms with Crippen molar-refractivity contribution in [3.63, 3.8) is 0 Å². The van der Waals surface area contributed by atoms with Gasteiger partial charge in [-0.3, -0.25) is 0 Å². The van der Waals surface area contributed by atoms with Gasteiger partial charge >= 0.3 is 0 Å². The van der Waals surface area contributed by atoms with Crippen molar-refractivity contribution in [3.8, 4) is 0 Å². The second-order valence-corrected chi connectivity index (χ2v) is 6.11. The molecule has 1 aliphatic heterocycles. The van der Waals surface area contributed by atoms with E-state index in [0.717, 1.165) is 0 Å². The van der Waals surface area contributed by atoms with E-state index in [4.69, 9.17) is 4.74 Å². The molecule has 1 heterocycles. The molecule has 0 N–H and O–H groups in total. The summed E-state index contributed by atoms with van der Waals surface area (Å²) >= 11 is 2.48. The maximum atomic E-state index is 6.17. The summed E-state index contributed by atoms with van der Waals surface area (Å²) in [6, 6.07) is 10.4. The summed E-state index contributed by atoms with van der Waals surface area (Å²) in [5.74, 6) is 0.387. The quantitative estimate of drug-likeness (QED) is 0.450. The molecule has 1 aliphatic rings. The van der Waals surface area contributed by atoms with E-state index in [1.807, 2.05) is 12.1 Å². The smallest absolute Gasteiger partial charge is 0.0906 e. The lowest BCUT2D eigenvalue weighted by Crippen LogP contribution is -2.29. The molecule has 0 spiro atoms. The van der Waals surface area contributed by atoms with Crippen LogP contribution in [-0.2, 0) is 4.74 Å². The monoisotopic (exact) mass is 328 g/mol. The minimum atomic E-state index is -0.0834. The molecule has 16 heavy (non-hydrogen) atoms. The van der Waals surface area contributed by atoms with E-state index in [1.54, 1.807) is 0 Å². The van der Waals surface area contributed by atoms with Crippen LogP contribution in [0.25, 0.3) is 0 Å². The zero-order valence-electron chi connectivity index (χ0n) is 9.69. The molecule has 0 aliphatic carbocycles. The summed E-state index contributed by atoms with van der Waals surface area (Å²) in [5.41, 5.74) is 1.17. The number of halogens is 1. The Morgan fingerprint density at radius 3 is 2.50 bits per heavy atom. The van der Waals surface area contributed by atoms with Crippen molar-refractivity contribution >= 4 is 22.6 Å². The predicted molar refractivity (Wildman–Crippen MR) is 75.8 cm³/mol. The second kappa shape index (κ2) is 4.49. The minimum absolute atomic E-state index is 0.0834. The van der Waals surface area contributed by atoms with Crippen LogP contribution in [0.1, 0.15) is 25.5 Å². The first-order valence-electron chi connectivity index (χ1n) is 5.55. The van der Waals surface area contributed by atoms with Crippen LogP contribution >= 0.6 is 22.6 Å². The molecule has 1 aromatic rings. The van der Waals surface area contributed by atoms with E-state index in [2.05, 4.69) is 67.3 Å². The van der Waals surface area contributed by atoms with Crippen LogP contribution in [0.15, 0.2) is 43.0 Å². The van der Waals surface area contributed by atoms with Gasteiger partial charge in [0.15, 0.2) is 0 Å². The van der Waals surface area contributed by atoms with Crippen molar-refractivity contribution in [2.75, 3.05) is 0 Å². The Bertz CT molecular complexity index is 372. The first-order chi connectivity index (χ1) is 7.56. The zero-order valence-corrected chi connectivity index (χ0v) is 11.8. The number of hydrogen-bond donors (Lipinski definition) is 0. The van der Waals surface area contributed by atoms with Gasteiger partial charge < -0.3 is 4.74 Å². The Kier molecular flexibility index (Phi) is 3.40. The largest absolute Gasteiger partial charge is 0.366 e. The SMILES string of the molecule is C=C[C@@H]1[C@@H](I)C(C)(C)O[C@H]1c1ccccc1. The summed E-state index contributed by atoms with van der Waals surface area (Å²) in [4.78, 5) is 0. The summed E-state index contributed by atoms with van der Waals surface area (Å²) < 4.78 is 6.64. The van der Waals surface area contributed by atoms with Crippen LogP contribution in [0.2, 0.25) is 0 Å². The molecule has 86 valence electrons. The van der Waals surface area contributed by atoms with Crippen molar-refractivity contribution in [2.24, 2.45) is 5.92 Å². The van der Waals surface area contributed by atoms with Gasteiger partial charge in [0.1, 0.15) is 0 Å². The summed E-state index contributed by atoms with van der Waals surface area (Å²) in [6.07, 6.45) is 2.18. The molecular formula is C14H17IO. The molecule has 0 unspecified atom stereocenters. The molecular weight excluding hydrogens is 311 g/mol. The van der Waals surface area contributed by atoms with E-state index in [9.17, 15) is 0 Å². The van der Waals surface area contributed by atoms with E-state index >= 15 is 0 Å². The third-order valence-corrected chi connectivity index (χ3v) is 5.51. The lowest BCUT2D eigenvalue weighted by molar-refractivity contribution is -0.0174. The van der Waals surface area contributed by atoms with Crippen LogP contribution in [0.3, 0.4) is 0 Å². The maximum absolute atomic E-state index is 6.17. The van der Waals surface area contributed by atoms with Crippen molar-refractivity contribution in [2.45, 2.75) is 29.5 Å². The van der Waals surface area contributed by atoms with Crippen LogP contribution in [0, 0.1) is 5.92 Å². The molecule has 1 aromatic carbocycles. The average molecular weight is 328 g/mol. The number of ether oxygens (including phenoxy) is 1. The molecule has 1 nitrogen and oxygen atoms in total. The normalized spacial score (nSPS) is 32.6. The van der Waals surface area contributed by atoms with Gasteiger partial charge in [0.2, 0.25) is 0 Å². The number of hydrogen-bond acceptors (Lipinski definition) is 1. The van der Waals surface area contributed by atoms with Gasteiger partial charge in [0, 0.05) is 9.84 Å². The van der Waals surface area contributed by atoms with Gasteiger partial charge in [-0.25, -0.2) is 0 Å². The van der Waals surface area contributed by atoms with Gasteiger partial charge in [0.05, 0.1) is 11.7 Å². The Labute approximate surface area is 111 Å². The fraction of sp³-hybridized carbons (Fsp3) is 0.429. The van der Waals surface area contributed by atoms with Gasteiger partial charge in [-0.2, -0.15) is 0 Å². The predicted octanol–water partition coefficient (Wildman–Crippen LogP) is 4.14. The zero-order chi connectivity index (χ0) is 11.8. The molecule has 1 fully saturated rings. The highest BCUT2D eigenvalue weighted by atomic mass is 127. The standard InChI is InChI=1S/C14H17IO/c1-4-11-12(10-8-6-5-7-9-10)16-14(2,3)13(11)15/h4-9,11-13H,1H2,2-3H3/t11-,12-,13+/m0/s1. The van der Waals surface area contributed by atoms with Crippen molar-refractivity contribution in [1.29, 1.82) is 0 Å². The molecule has 0 amide bonds. The fourth-order valence-corrected chi connectivity index (χ4v) is 3.08. The summed E-state index contributed by atoms with van der Waals surface area (Å²) in [6.45, 7) is 8.26. The topological polar surface area (TPSA) is 9.23 Å².